The summed E-state index contributed by atoms with van der Waals surface area (Å²) in [6.45, 7) is 9.57. The van der Waals surface area contributed by atoms with Crippen molar-refractivity contribution in [2.75, 3.05) is 57.8 Å². The SMILES string of the molecule is CCCN(C)c1ccc(C(=O)N2CCN(CC(=O)N3CCCCC3C)CC2)cc1. The van der Waals surface area contributed by atoms with E-state index in [1.54, 1.807) is 0 Å². The minimum atomic E-state index is 0.0883. The number of piperidine rings is 1. The number of likely N-dealkylation sites (tertiary alicyclic amines) is 1. The summed E-state index contributed by atoms with van der Waals surface area (Å²) >= 11 is 0. The fraction of sp³-hybridized carbons (Fsp3) is 0.652. The summed E-state index contributed by atoms with van der Waals surface area (Å²) in [4.78, 5) is 33.8. The molecule has 1 aromatic rings. The molecule has 2 aliphatic rings. The van der Waals surface area contributed by atoms with E-state index < -0.39 is 0 Å². The molecule has 6 heteroatoms. The van der Waals surface area contributed by atoms with Crippen molar-refractivity contribution in [3.05, 3.63) is 29.8 Å². The van der Waals surface area contributed by atoms with Gasteiger partial charge in [-0.05, 0) is 56.9 Å². The number of hydrogen-bond acceptors (Lipinski definition) is 4. The second-order valence-electron chi connectivity index (χ2n) is 8.47. The molecule has 160 valence electrons. The molecule has 0 saturated carbocycles. The lowest BCUT2D eigenvalue weighted by molar-refractivity contribution is -0.136. The monoisotopic (exact) mass is 400 g/mol. The van der Waals surface area contributed by atoms with Crippen molar-refractivity contribution in [1.82, 2.24) is 14.7 Å². The molecule has 0 aromatic heterocycles. The summed E-state index contributed by atoms with van der Waals surface area (Å²) in [5, 5.41) is 0. The minimum Gasteiger partial charge on any atom is -0.375 e. The fourth-order valence-electron chi connectivity index (χ4n) is 4.37. The topological polar surface area (TPSA) is 47.1 Å². The first-order valence-electron chi connectivity index (χ1n) is 11.1. The van der Waals surface area contributed by atoms with Gasteiger partial charge < -0.3 is 14.7 Å². The predicted molar refractivity (Wildman–Crippen MR) is 117 cm³/mol. The maximum Gasteiger partial charge on any atom is 0.253 e. The number of nitrogens with zero attached hydrogens (tertiary/aromatic N) is 4. The Balaban J connectivity index is 1.48. The highest BCUT2D eigenvalue weighted by Crippen LogP contribution is 2.18. The van der Waals surface area contributed by atoms with Crippen LogP contribution >= 0.6 is 0 Å². The Morgan fingerprint density at radius 3 is 2.34 bits per heavy atom. The van der Waals surface area contributed by atoms with Crippen molar-refractivity contribution in [2.24, 2.45) is 0 Å². The first-order chi connectivity index (χ1) is 14.0. The summed E-state index contributed by atoms with van der Waals surface area (Å²) in [6.07, 6.45) is 4.55. The van der Waals surface area contributed by atoms with E-state index in [4.69, 9.17) is 0 Å². The second-order valence-corrected chi connectivity index (χ2v) is 8.47. The summed E-state index contributed by atoms with van der Waals surface area (Å²) in [5.74, 6) is 0.328. The van der Waals surface area contributed by atoms with E-state index in [2.05, 4.69) is 30.7 Å². The van der Waals surface area contributed by atoms with E-state index in [0.29, 0.717) is 25.7 Å². The normalized spacial score (nSPS) is 20.6. The van der Waals surface area contributed by atoms with Crippen molar-refractivity contribution >= 4 is 17.5 Å². The molecular formula is C23H36N4O2. The van der Waals surface area contributed by atoms with Crippen molar-refractivity contribution in [1.29, 1.82) is 0 Å². The Morgan fingerprint density at radius 2 is 1.72 bits per heavy atom. The van der Waals surface area contributed by atoms with Gasteiger partial charge in [-0.3, -0.25) is 14.5 Å². The Bertz CT molecular complexity index is 683. The molecule has 0 aliphatic carbocycles. The first kappa shape index (κ1) is 21.6. The number of amides is 2. The molecule has 0 bridgehead atoms. The second kappa shape index (κ2) is 10.1. The van der Waals surface area contributed by atoms with E-state index in [-0.39, 0.29) is 11.8 Å². The third kappa shape index (κ3) is 5.50. The maximum atomic E-state index is 12.8. The molecular weight excluding hydrogens is 364 g/mol. The summed E-state index contributed by atoms with van der Waals surface area (Å²) < 4.78 is 0. The van der Waals surface area contributed by atoms with Gasteiger partial charge in [0.1, 0.15) is 0 Å². The van der Waals surface area contributed by atoms with Gasteiger partial charge in [0.25, 0.3) is 5.91 Å². The van der Waals surface area contributed by atoms with Gasteiger partial charge in [-0.15, -0.1) is 0 Å². The highest BCUT2D eigenvalue weighted by molar-refractivity contribution is 5.94. The van der Waals surface area contributed by atoms with Crippen LogP contribution in [0.2, 0.25) is 0 Å². The molecule has 0 spiro atoms. The average Bonchev–Trinajstić information content (AvgIpc) is 2.74. The molecule has 2 fully saturated rings. The average molecular weight is 401 g/mol. The third-order valence-corrected chi connectivity index (χ3v) is 6.26. The minimum absolute atomic E-state index is 0.0883. The molecule has 1 unspecified atom stereocenters. The van der Waals surface area contributed by atoms with Crippen LogP contribution in [0.1, 0.15) is 49.9 Å². The fourth-order valence-corrected chi connectivity index (χ4v) is 4.37. The van der Waals surface area contributed by atoms with Crippen LogP contribution in [0.25, 0.3) is 0 Å². The summed E-state index contributed by atoms with van der Waals surface area (Å²) in [7, 11) is 2.07. The molecule has 2 saturated heterocycles. The quantitative estimate of drug-likeness (QED) is 0.737. The first-order valence-corrected chi connectivity index (χ1v) is 11.1. The van der Waals surface area contributed by atoms with Crippen molar-refractivity contribution in [3.63, 3.8) is 0 Å². The third-order valence-electron chi connectivity index (χ3n) is 6.26. The van der Waals surface area contributed by atoms with Gasteiger partial charge in [0.2, 0.25) is 5.91 Å². The zero-order valence-corrected chi connectivity index (χ0v) is 18.3. The molecule has 6 nitrogen and oxygen atoms in total. The number of piperazine rings is 1. The number of carbonyl (C=O) groups is 2. The summed E-state index contributed by atoms with van der Waals surface area (Å²) in [6, 6.07) is 8.27. The van der Waals surface area contributed by atoms with E-state index in [1.807, 2.05) is 34.1 Å². The molecule has 29 heavy (non-hydrogen) atoms. The maximum absolute atomic E-state index is 12.8. The van der Waals surface area contributed by atoms with Crippen LogP contribution in [0, 0.1) is 0 Å². The van der Waals surface area contributed by atoms with Gasteiger partial charge in [-0.2, -0.15) is 0 Å². The lowest BCUT2D eigenvalue weighted by Gasteiger charge is -2.38. The Kier molecular flexibility index (Phi) is 7.53. The Morgan fingerprint density at radius 1 is 1.03 bits per heavy atom. The van der Waals surface area contributed by atoms with Crippen LogP contribution in [-0.4, -0.2) is 85.4 Å². The number of hydrogen-bond donors (Lipinski definition) is 0. The van der Waals surface area contributed by atoms with Gasteiger partial charge in [0, 0.05) is 63.6 Å². The number of carbonyl (C=O) groups excluding carboxylic acids is 2. The highest BCUT2D eigenvalue weighted by atomic mass is 16.2. The van der Waals surface area contributed by atoms with Gasteiger partial charge in [-0.25, -0.2) is 0 Å². The van der Waals surface area contributed by atoms with E-state index >= 15 is 0 Å². The molecule has 1 atom stereocenters. The van der Waals surface area contributed by atoms with Crippen LogP contribution < -0.4 is 4.90 Å². The number of rotatable bonds is 6. The molecule has 2 heterocycles. The molecule has 2 aliphatic heterocycles. The lowest BCUT2D eigenvalue weighted by atomic mass is 10.0. The lowest BCUT2D eigenvalue weighted by Crippen LogP contribution is -2.53. The van der Waals surface area contributed by atoms with Crippen LogP contribution in [0.4, 0.5) is 5.69 Å². The van der Waals surface area contributed by atoms with Crippen molar-refractivity contribution in [2.45, 2.75) is 45.6 Å². The van der Waals surface area contributed by atoms with Crippen LogP contribution in [0.5, 0.6) is 0 Å². The standard InChI is InChI=1S/C23H36N4O2/c1-4-12-24(3)21-10-8-20(9-11-21)23(29)26-16-14-25(15-17-26)18-22(28)27-13-6-5-7-19(27)2/h8-11,19H,4-7,12-18H2,1-3H3. The molecule has 0 N–H and O–H groups in total. The molecule has 2 amide bonds. The molecule has 1 aromatic carbocycles. The van der Waals surface area contributed by atoms with Gasteiger partial charge in [0.05, 0.1) is 6.54 Å². The Labute approximate surface area is 175 Å². The molecule has 0 radical (unpaired) electrons. The van der Waals surface area contributed by atoms with E-state index in [9.17, 15) is 9.59 Å². The number of benzene rings is 1. The van der Waals surface area contributed by atoms with Crippen LogP contribution in [0.15, 0.2) is 24.3 Å². The van der Waals surface area contributed by atoms with Crippen LogP contribution in [-0.2, 0) is 4.79 Å². The smallest absolute Gasteiger partial charge is 0.253 e. The van der Waals surface area contributed by atoms with E-state index in [1.165, 1.54) is 6.42 Å². The van der Waals surface area contributed by atoms with Gasteiger partial charge in [-0.1, -0.05) is 6.92 Å². The van der Waals surface area contributed by atoms with E-state index in [0.717, 1.165) is 56.7 Å². The van der Waals surface area contributed by atoms with Crippen LogP contribution in [0.3, 0.4) is 0 Å². The Hall–Kier alpha value is -2.08. The van der Waals surface area contributed by atoms with Crippen molar-refractivity contribution in [3.8, 4) is 0 Å². The largest absolute Gasteiger partial charge is 0.375 e. The predicted octanol–water partition coefficient (Wildman–Crippen LogP) is 2.69. The van der Waals surface area contributed by atoms with Gasteiger partial charge in [0.15, 0.2) is 0 Å². The zero-order chi connectivity index (χ0) is 20.8. The number of anilines is 1. The zero-order valence-electron chi connectivity index (χ0n) is 18.3. The van der Waals surface area contributed by atoms with Crippen molar-refractivity contribution < 1.29 is 9.59 Å². The van der Waals surface area contributed by atoms with Gasteiger partial charge >= 0.3 is 0 Å². The highest BCUT2D eigenvalue weighted by Gasteiger charge is 2.27. The molecule has 3 rings (SSSR count). The summed E-state index contributed by atoms with van der Waals surface area (Å²) in [5.41, 5.74) is 1.88.